The second kappa shape index (κ2) is 5.26. The summed E-state index contributed by atoms with van der Waals surface area (Å²) < 4.78 is 9.10. The van der Waals surface area contributed by atoms with Crippen LogP contribution < -0.4 is 5.32 Å². The maximum Gasteiger partial charge on any atom is 0.330 e. The van der Waals surface area contributed by atoms with Gasteiger partial charge in [-0.1, -0.05) is 5.16 Å². The average Bonchev–Trinajstić information content (AvgIpc) is 2.71. The first-order valence-electron chi connectivity index (χ1n) is 4.51. The summed E-state index contributed by atoms with van der Waals surface area (Å²) >= 11 is 0. The predicted molar refractivity (Wildman–Crippen MR) is 51.6 cm³/mol. The number of aliphatic hydroxyl groups excluding tert-OH is 1. The van der Waals surface area contributed by atoms with Crippen molar-refractivity contribution in [1.29, 1.82) is 0 Å². The lowest BCUT2D eigenvalue weighted by Crippen LogP contribution is -2.44. The number of esters is 1. The molecular formula is C9H12N2O5. The van der Waals surface area contributed by atoms with Crippen LogP contribution in [0.15, 0.2) is 10.7 Å². The molecule has 0 fully saturated rings. The van der Waals surface area contributed by atoms with Crippen molar-refractivity contribution in [2.75, 3.05) is 13.7 Å². The highest BCUT2D eigenvalue weighted by atomic mass is 16.5. The molecule has 1 unspecified atom stereocenters. The number of carbonyl (C=O) groups is 2. The lowest BCUT2D eigenvalue weighted by Gasteiger charge is -2.12. The van der Waals surface area contributed by atoms with E-state index in [4.69, 9.17) is 9.63 Å². The number of nitrogens with one attached hydrogen (secondary N) is 1. The Morgan fingerprint density at radius 2 is 2.38 bits per heavy atom. The molecule has 0 saturated heterocycles. The summed E-state index contributed by atoms with van der Waals surface area (Å²) in [6, 6.07) is -1.09. The zero-order valence-corrected chi connectivity index (χ0v) is 8.89. The second-order valence-corrected chi connectivity index (χ2v) is 3.03. The Morgan fingerprint density at radius 1 is 1.69 bits per heavy atom. The molecule has 1 aromatic heterocycles. The first kappa shape index (κ1) is 12.2. The molecule has 88 valence electrons. The van der Waals surface area contributed by atoms with E-state index in [2.05, 4.69) is 15.2 Å². The summed E-state index contributed by atoms with van der Waals surface area (Å²) in [6.07, 6.45) is 1.23. The molecule has 16 heavy (non-hydrogen) atoms. The monoisotopic (exact) mass is 228 g/mol. The summed E-state index contributed by atoms with van der Waals surface area (Å²) in [4.78, 5) is 22.7. The van der Waals surface area contributed by atoms with Crippen molar-refractivity contribution < 1.29 is 24.0 Å². The van der Waals surface area contributed by atoms with Gasteiger partial charge in [0.15, 0.2) is 6.04 Å². The van der Waals surface area contributed by atoms with E-state index in [1.165, 1.54) is 13.3 Å². The van der Waals surface area contributed by atoms with Crippen molar-refractivity contribution in [2.45, 2.75) is 13.0 Å². The topological polar surface area (TPSA) is 102 Å². The largest absolute Gasteiger partial charge is 0.467 e. The van der Waals surface area contributed by atoms with Crippen molar-refractivity contribution in [3.63, 3.8) is 0 Å². The van der Waals surface area contributed by atoms with Crippen LogP contribution in [-0.4, -0.2) is 41.9 Å². The van der Waals surface area contributed by atoms with E-state index < -0.39 is 24.5 Å². The molecule has 1 aromatic rings. The van der Waals surface area contributed by atoms with Crippen LogP contribution >= 0.6 is 0 Å². The van der Waals surface area contributed by atoms with Gasteiger partial charge < -0.3 is 19.7 Å². The molecule has 1 amide bonds. The summed E-state index contributed by atoms with van der Waals surface area (Å²) in [5.74, 6) is -0.938. The molecule has 0 bridgehead atoms. The van der Waals surface area contributed by atoms with E-state index in [9.17, 15) is 9.59 Å². The second-order valence-electron chi connectivity index (χ2n) is 3.03. The van der Waals surface area contributed by atoms with E-state index in [1.807, 2.05) is 0 Å². The van der Waals surface area contributed by atoms with Gasteiger partial charge in [-0.05, 0) is 6.92 Å². The summed E-state index contributed by atoms with van der Waals surface area (Å²) in [5.41, 5.74) is 0.211. The zero-order chi connectivity index (χ0) is 12.1. The summed E-state index contributed by atoms with van der Waals surface area (Å²) in [7, 11) is 1.17. The number of nitrogens with zero attached hydrogens (tertiary/aromatic N) is 1. The van der Waals surface area contributed by atoms with Gasteiger partial charge in [0.2, 0.25) is 0 Å². The summed E-state index contributed by atoms with van der Waals surface area (Å²) in [6.45, 7) is 1.02. The molecule has 0 aliphatic carbocycles. The fourth-order valence-corrected chi connectivity index (χ4v) is 1.07. The minimum atomic E-state index is -1.09. The third-order valence-electron chi connectivity index (χ3n) is 1.97. The molecule has 0 radical (unpaired) electrons. The fourth-order valence-electron chi connectivity index (χ4n) is 1.07. The predicted octanol–water partition coefficient (Wildman–Crippen LogP) is -0.753. The fraction of sp³-hybridized carbons (Fsp3) is 0.444. The smallest absolute Gasteiger partial charge is 0.330 e. The molecule has 0 saturated carbocycles. The van der Waals surface area contributed by atoms with Crippen LogP contribution in [0, 0.1) is 6.92 Å². The Balaban J connectivity index is 2.70. The molecule has 0 spiro atoms. The van der Waals surface area contributed by atoms with E-state index >= 15 is 0 Å². The van der Waals surface area contributed by atoms with Crippen molar-refractivity contribution in [1.82, 2.24) is 10.5 Å². The highest BCUT2D eigenvalue weighted by Crippen LogP contribution is 2.05. The Kier molecular flexibility index (Phi) is 4.01. The highest BCUT2D eigenvalue weighted by molar-refractivity contribution is 5.97. The molecule has 1 atom stereocenters. The van der Waals surface area contributed by atoms with E-state index in [1.54, 1.807) is 6.92 Å². The van der Waals surface area contributed by atoms with Gasteiger partial charge in [-0.2, -0.15) is 0 Å². The maximum absolute atomic E-state index is 11.6. The van der Waals surface area contributed by atoms with Gasteiger partial charge in [0.25, 0.3) is 5.91 Å². The minimum Gasteiger partial charge on any atom is -0.467 e. The van der Waals surface area contributed by atoms with Crippen molar-refractivity contribution in [2.24, 2.45) is 0 Å². The van der Waals surface area contributed by atoms with Gasteiger partial charge >= 0.3 is 5.97 Å². The molecule has 1 heterocycles. The third-order valence-corrected chi connectivity index (χ3v) is 1.97. The average molecular weight is 228 g/mol. The quantitative estimate of drug-likeness (QED) is 0.657. The van der Waals surface area contributed by atoms with Gasteiger partial charge in [0.05, 0.1) is 19.9 Å². The third kappa shape index (κ3) is 2.57. The van der Waals surface area contributed by atoms with E-state index in [-0.39, 0.29) is 5.56 Å². The Hall–Kier alpha value is -1.89. The molecule has 2 N–H and O–H groups in total. The van der Waals surface area contributed by atoms with Gasteiger partial charge in [-0.25, -0.2) is 4.79 Å². The standard InChI is InChI=1S/C9H12N2O5/c1-5-6(3-10-16-5)8(13)11-7(4-12)9(14)15-2/h3,7,12H,4H2,1-2H3,(H,11,13). The van der Waals surface area contributed by atoms with Crippen LogP contribution in [0.5, 0.6) is 0 Å². The van der Waals surface area contributed by atoms with Crippen LogP contribution in [0.2, 0.25) is 0 Å². The molecule has 0 aliphatic heterocycles. The number of carbonyl (C=O) groups excluding carboxylic acids is 2. The van der Waals surface area contributed by atoms with Crippen molar-refractivity contribution in [3.8, 4) is 0 Å². The first-order valence-corrected chi connectivity index (χ1v) is 4.51. The van der Waals surface area contributed by atoms with E-state index in [0.717, 1.165) is 0 Å². The molecule has 7 heteroatoms. The number of aliphatic hydroxyl groups is 1. The van der Waals surface area contributed by atoms with Gasteiger partial charge in [0, 0.05) is 0 Å². The number of hydrogen-bond acceptors (Lipinski definition) is 6. The van der Waals surface area contributed by atoms with Crippen LogP contribution in [0.1, 0.15) is 16.1 Å². The number of hydrogen-bond donors (Lipinski definition) is 2. The molecular weight excluding hydrogens is 216 g/mol. The molecule has 0 aliphatic rings. The molecule has 1 rings (SSSR count). The molecule has 0 aromatic carbocycles. The number of ether oxygens (including phenoxy) is 1. The minimum absolute atomic E-state index is 0.211. The van der Waals surface area contributed by atoms with Gasteiger partial charge in [0.1, 0.15) is 11.3 Å². The number of methoxy groups -OCH3 is 1. The van der Waals surface area contributed by atoms with Crippen LogP contribution in [-0.2, 0) is 9.53 Å². The first-order chi connectivity index (χ1) is 7.60. The van der Waals surface area contributed by atoms with Gasteiger partial charge in [-0.15, -0.1) is 0 Å². The lowest BCUT2D eigenvalue weighted by molar-refractivity contribution is -0.143. The highest BCUT2D eigenvalue weighted by Gasteiger charge is 2.22. The van der Waals surface area contributed by atoms with Crippen LogP contribution in [0.3, 0.4) is 0 Å². The SMILES string of the molecule is COC(=O)C(CO)NC(=O)c1cnoc1C. The van der Waals surface area contributed by atoms with Crippen LogP contribution in [0.4, 0.5) is 0 Å². The lowest BCUT2D eigenvalue weighted by atomic mass is 10.2. The van der Waals surface area contributed by atoms with Crippen molar-refractivity contribution >= 4 is 11.9 Å². The number of aryl methyl sites for hydroxylation is 1. The van der Waals surface area contributed by atoms with Gasteiger partial charge in [-0.3, -0.25) is 4.79 Å². The Labute approximate surface area is 91.4 Å². The Morgan fingerprint density at radius 3 is 2.81 bits per heavy atom. The zero-order valence-electron chi connectivity index (χ0n) is 8.89. The maximum atomic E-state index is 11.6. The normalized spacial score (nSPS) is 11.9. The summed E-state index contributed by atoms with van der Waals surface area (Å²) in [5, 5.41) is 14.6. The molecule has 7 nitrogen and oxygen atoms in total. The number of aromatic nitrogens is 1. The number of rotatable bonds is 4. The van der Waals surface area contributed by atoms with Crippen LogP contribution in [0.25, 0.3) is 0 Å². The number of amides is 1. The van der Waals surface area contributed by atoms with E-state index in [0.29, 0.717) is 5.76 Å². The Bertz CT molecular complexity index is 387. The van der Waals surface area contributed by atoms with Crippen molar-refractivity contribution in [3.05, 3.63) is 17.5 Å².